The highest BCUT2D eigenvalue weighted by Gasteiger charge is 2.31. The van der Waals surface area contributed by atoms with Gasteiger partial charge in [0.2, 0.25) is 0 Å². The molecule has 3 unspecified atom stereocenters. The maximum atomic E-state index is 11.7. The maximum Gasteiger partial charge on any atom is 0.319 e. The molecule has 1 aliphatic heterocycles. The number of aliphatic hydroxyl groups is 2. The van der Waals surface area contributed by atoms with Crippen molar-refractivity contribution in [3.63, 3.8) is 0 Å². The van der Waals surface area contributed by atoms with Crippen LogP contribution in [0.2, 0.25) is 0 Å². The fourth-order valence-electron chi connectivity index (χ4n) is 1.79. The van der Waals surface area contributed by atoms with E-state index in [4.69, 9.17) is 4.74 Å². The third-order valence-electron chi connectivity index (χ3n) is 2.97. The van der Waals surface area contributed by atoms with Crippen LogP contribution in [0.4, 0.5) is 4.79 Å². The number of allylic oxidation sites excluding steroid dienone is 4. The topological polar surface area (TPSA) is 90.8 Å². The molecule has 1 saturated heterocycles. The number of nitrogens with one attached hydrogen (secondary N) is 2. The predicted molar refractivity (Wildman–Crippen MR) is 76.0 cm³/mol. The van der Waals surface area contributed by atoms with Crippen LogP contribution >= 0.6 is 0 Å². The molecule has 0 saturated carbocycles. The van der Waals surface area contributed by atoms with Gasteiger partial charge in [0.05, 0.1) is 6.10 Å². The fourth-order valence-corrected chi connectivity index (χ4v) is 1.79. The first kappa shape index (κ1) is 16.4. The van der Waals surface area contributed by atoms with E-state index >= 15 is 0 Å². The van der Waals surface area contributed by atoms with Crippen molar-refractivity contribution in [1.82, 2.24) is 10.6 Å². The number of aliphatic hydroxyl groups excluding tert-OH is 2. The Morgan fingerprint density at radius 3 is 2.90 bits per heavy atom. The summed E-state index contributed by atoms with van der Waals surface area (Å²) in [7, 11) is 0. The predicted octanol–water partition coefficient (Wildman–Crippen LogP) is 0.442. The highest BCUT2D eigenvalue weighted by molar-refractivity contribution is 5.76. The van der Waals surface area contributed by atoms with Crippen LogP contribution in [0.1, 0.15) is 13.3 Å². The Hall–Kier alpha value is -1.63. The van der Waals surface area contributed by atoms with Crippen LogP contribution in [0.5, 0.6) is 0 Å². The van der Waals surface area contributed by atoms with Crippen LogP contribution in [0, 0.1) is 0 Å². The van der Waals surface area contributed by atoms with Gasteiger partial charge in [-0.05, 0) is 19.4 Å². The Morgan fingerprint density at radius 1 is 1.50 bits per heavy atom. The molecule has 0 radical (unpaired) electrons. The molecule has 0 bridgehead atoms. The van der Waals surface area contributed by atoms with Crippen molar-refractivity contribution in [3.05, 3.63) is 36.6 Å². The second-order valence-electron chi connectivity index (χ2n) is 4.43. The molecule has 1 fully saturated rings. The standard InChI is InChI=1S/C14H22N2O4/c1-3-5-6-10(4-2)16-14(19)15-9-12-13(18)11(17)7-8-20-12/h3-6,11-13,17-18H,1,7-9H2,2H3,(H2,15,16,19)/b6-5-,10-4+. The number of urea groups is 1. The second-order valence-corrected chi connectivity index (χ2v) is 4.43. The van der Waals surface area contributed by atoms with Gasteiger partial charge < -0.3 is 25.6 Å². The summed E-state index contributed by atoms with van der Waals surface area (Å²) in [5, 5.41) is 24.5. The monoisotopic (exact) mass is 282 g/mol. The first-order valence-electron chi connectivity index (χ1n) is 6.56. The van der Waals surface area contributed by atoms with Crippen LogP contribution in [-0.4, -0.2) is 47.7 Å². The van der Waals surface area contributed by atoms with Crippen molar-refractivity contribution < 1.29 is 19.7 Å². The summed E-state index contributed by atoms with van der Waals surface area (Å²) in [5.74, 6) is 0. The molecule has 1 heterocycles. The van der Waals surface area contributed by atoms with Gasteiger partial charge in [0.25, 0.3) is 0 Å². The molecule has 0 spiro atoms. The quantitative estimate of drug-likeness (QED) is 0.551. The van der Waals surface area contributed by atoms with E-state index in [-0.39, 0.29) is 6.54 Å². The van der Waals surface area contributed by atoms with Gasteiger partial charge in [0.15, 0.2) is 0 Å². The van der Waals surface area contributed by atoms with Crippen LogP contribution in [-0.2, 0) is 4.74 Å². The summed E-state index contributed by atoms with van der Waals surface area (Å²) in [6.45, 7) is 5.85. The molecule has 112 valence electrons. The Morgan fingerprint density at radius 2 is 2.25 bits per heavy atom. The van der Waals surface area contributed by atoms with Crippen molar-refractivity contribution in [2.24, 2.45) is 0 Å². The first-order valence-corrected chi connectivity index (χ1v) is 6.56. The van der Waals surface area contributed by atoms with E-state index in [1.54, 1.807) is 31.2 Å². The Labute approximate surface area is 118 Å². The number of rotatable bonds is 5. The van der Waals surface area contributed by atoms with E-state index in [2.05, 4.69) is 17.2 Å². The third kappa shape index (κ3) is 5.16. The lowest BCUT2D eigenvalue weighted by Gasteiger charge is -2.32. The second kappa shape index (κ2) is 8.52. The third-order valence-corrected chi connectivity index (χ3v) is 2.97. The molecule has 0 aromatic rings. The van der Waals surface area contributed by atoms with Crippen LogP contribution in [0.3, 0.4) is 0 Å². The van der Waals surface area contributed by atoms with Gasteiger partial charge in [-0.2, -0.15) is 0 Å². The van der Waals surface area contributed by atoms with Crippen molar-refractivity contribution in [3.8, 4) is 0 Å². The normalized spacial score (nSPS) is 27.4. The van der Waals surface area contributed by atoms with Gasteiger partial charge >= 0.3 is 6.03 Å². The smallest absolute Gasteiger partial charge is 0.319 e. The molecule has 6 nitrogen and oxygen atoms in total. The lowest BCUT2D eigenvalue weighted by Crippen LogP contribution is -2.51. The molecule has 1 rings (SSSR count). The zero-order valence-electron chi connectivity index (χ0n) is 11.6. The number of carbonyl (C=O) groups is 1. The molecule has 0 aromatic heterocycles. The zero-order chi connectivity index (χ0) is 15.0. The van der Waals surface area contributed by atoms with Crippen LogP contribution in [0.15, 0.2) is 36.6 Å². The van der Waals surface area contributed by atoms with Crippen molar-refractivity contribution in [1.29, 1.82) is 0 Å². The number of ether oxygens (including phenoxy) is 1. The lowest BCUT2D eigenvalue weighted by molar-refractivity contribution is -0.131. The SMILES string of the molecule is C=C/C=C\C(=C/C)NC(=O)NCC1OCCC(O)C1O. The first-order chi connectivity index (χ1) is 9.58. The summed E-state index contributed by atoms with van der Waals surface area (Å²) in [6, 6.07) is -0.400. The zero-order valence-corrected chi connectivity index (χ0v) is 11.6. The fraction of sp³-hybridized carbons (Fsp3) is 0.500. The van der Waals surface area contributed by atoms with E-state index in [0.29, 0.717) is 18.7 Å². The average Bonchev–Trinajstić information content (AvgIpc) is 2.45. The highest BCUT2D eigenvalue weighted by atomic mass is 16.5. The van der Waals surface area contributed by atoms with Gasteiger partial charge in [-0.3, -0.25) is 0 Å². The highest BCUT2D eigenvalue weighted by Crippen LogP contribution is 2.13. The van der Waals surface area contributed by atoms with Crippen molar-refractivity contribution in [2.75, 3.05) is 13.2 Å². The number of amides is 2. The van der Waals surface area contributed by atoms with Gasteiger partial charge in [0.1, 0.15) is 12.2 Å². The summed E-state index contributed by atoms with van der Waals surface area (Å²) in [4.78, 5) is 11.7. The summed E-state index contributed by atoms with van der Waals surface area (Å²) < 4.78 is 5.31. The molecule has 1 aliphatic rings. The minimum absolute atomic E-state index is 0.131. The van der Waals surface area contributed by atoms with Gasteiger partial charge in [-0.15, -0.1) is 0 Å². The number of hydrogen-bond acceptors (Lipinski definition) is 4. The van der Waals surface area contributed by atoms with Gasteiger partial charge in [-0.1, -0.05) is 24.8 Å². The summed E-state index contributed by atoms with van der Waals surface area (Å²) in [6.07, 6.45) is 4.79. The van der Waals surface area contributed by atoms with Crippen molar-refractivity contribution >= 4 is 6.03 Å². The van der Waals surface area contributed by atoms with Gasteiger partial charge in [0, 0.05) is 18.8 Å². The van der Waals surface area contributed by atoms with E-state index in [9.17, 15) is 15.0 Å². The largest absolute Gasteiger partial charge is 0.390 e. The van der Waals surface area contributed by atoms with Crippen molar-refractivity contribution in [2.45, 2.75) is 31.7 Å². The minimum Gasteiger partial charge on any atom is -0.390 e. The molecule has 20 heavy (non-hydrogen) atoms. The molecular formula is C14H22N2O4. The Kier molecular flexibility index (Phi) is 7.00. The Balaban J connectivity index is 2.39. The van der Waals surface area contributed by atoms with Crippen LogP contribution < -0.4 is 10.6 Å². The molecule has 4 N–H and O–H groups in total. The molecule has 6 heteroatoms. The lowest BCUT2D eigenvalue weighted by atomic mass is 10.0. The molecule has 0 aromatic carbocycles. The van der Waals surface area contributed by atoms with E-state index < -0.39 is 24.3 Å². The molecule has 0 aliphatic carbocycles. The van der Waals surface area contributed by atoms with E-state index in [1.165, 1.54) is 0 Å². The van der Waals surface area contributed by atoms with Gasteiger partial charge in [-0.25, -0.2) is 4.79 Å². The molecule has 2 amide bonds. The average molecular weight is 282 g/mol. The summed E-state index contributed by atoms with van der Waals surface area (Å²) in [5.41, 5.74) is 0.632. The number of hydrogen-bond donors (Lipinski definition) is 4. The Bertz CT molecular complexity index is 393. The van der Waals surface area contributed by atoms with E-state index in [0.717, 1.165) is 0 Å². The maximum absolute atomic E-state index is 11.7. The van der Waals surface area contributed by atoms with Crippen LogP contribution in [0.25, 0.3) is 0 Å². The molecular weight excluding hydrogens is 260 g/mol. The summed E-state index contributed by atoms with van der Waals surface area (Å²) >= 11 is 0. The molecule has 3 atom stereocenters. The number of carbonyl (C=O) groups excluding carboxylic acids is 1. The minimum atomic E-state index is -0.981. The van der Waals surface area contributed by atoms with E-state index in [1.807, 2.05) is 0 Å².